The van der Waals surface area contributed by atoms with Crippen molar-refractivity contribution in [1.29, 1.82) is 0 Å². The molecule has 2 amide bonds. The zero-order valence-corrected chi connectivity index (χ0v) is 18.1. The average Bonchev–Trinajstić information content (AvgIpc) is 3.25. The fourth-order valence-corrected chi connectivity index (χ4v) is 3.50. The van der Waals surface area contributed by atoms with Gasteiger partial charge in [-0.2, -0.15) is 0 Å². The van der Waals surface area contributed by atoms with Gasteiger partial charge in [0.1, 0.15) is 11.8 Å². The Hall–Kier alpha value is -3.26. The zero-order valence-electron chi connectivity index (χ0n) is 17.3. The fourth-order valence-electron chi connectivity index (χ4n) is 3.07. The minimum Gasteiger partial charge on any atom is -0.495 e. The Kier molecular flexibility index (Phi) is 6.47. The number of carbonyl (C=O) groups excluding carboxylic acids is 2. The highest BCUT2D eigenvalue weighted by molar-refractivity contribution is 7.03. The van der Waals surface area contributed by atoms with E-state index in [1.54, 1.807) is 23.6 Å². The molecule has 0 saturated carbocycles. The fraction of sp³-hybridized carbons (Fsp3) is 0.273. The number of hydrogen-bond donors (Lipinski definition) is 1. The summed E-state index contributed by atoms with van der Waals surface area (Å²) < 4.78 is 9.31. The van der Waals surface area contributed by atoms with Crippen LogP contribution >= 0.6 is 11.5 Å². The summed E-state index contributed by atoms with van der Waals surface area (Å²) in [6, 6.07) is 15.3. The Balaban J connectivity index is 2.20. The number of carbonyl (C=O) groups is 2. The third-order valence-electron chi connectivity index (χ3n) is 4.26. The van der Waals surface area contributed by atoms with Gasteiger partial charge < -0.3 is 10.1 Å². The van der Waals surface area contributed by atoms with Gasteiger partial charge in [-0.15, -0.1) is 5.10 Å². The molecule has 0 bridgehead atoms. The molecule has 30 heavy (non-hydrogen) atoms. The number of hydrogen-bond acceptors (Lipinski definition) is 6. The topological polar surface area (TPSA) is 84.4 Å². The van der Waals surface area contributed by atoms with Gasteiger partial charge in [0, 0.05) is 10.9 Å². The van der Waals surface area contributed by atoms with Crippen molar-refractivity contribution in [3.63, 3.8) is 0 Å². The lowest BCUT2D eigenvalue weighted by molar-refractivity contribution is -0.123. The molecule has 156 valence electrons. The van der Waals surface area contributed by atoms with E-state index in [2.05, 4.69) is 14.9 Å². The van der Waals surface area contributed by atoms with Crippen LogP contribution in [0.25, 0.3) is 0 Å². The standard InChI is InChI=1S/C22H24N4O3S/c1-22(2,3)23-20(27)19(15-10-6-5-7-11-15)26(21(28)16-14-30-25-24-16)17-12-8-9-13-18(17)29-4/h5-14,19H,1-4H3,(H,23,27)/t19-/m0/s1. The first-order valence-electron chi connectivity index (χ1n) is 9.42. The van der Waals surface area contributed by atoms with Gasteiger partial charge in [-0.25, -0.2) is 0 Å². The van der Waals surface area contributed by atoms with Gasteiger partial charge in [-0.1, -0.05) is 47.0 Å². The predicted octanol–water partition coefficient (Wildman–Crippen LogP) is 3.85. The first kappa shape index (κ1) is 21.4. The highest BCUT2D eigenvalue weighted by Gasteiger charge is 2.36. The molecule has 2 aromatic carbocycles. The molecule has 0 unspecified atom stereocenters. The number of ether oxygens (including phenoxy) is 1. The second kappa shape index (κ2) is 9.04. The van der Waals surface area contributed by atoms with E-state index in [0.717, 1.165) is 11.5 Å². The first-order valence-corrected chi connectivity index (χ1v) is 10.3. The molecule has 7 nitrogen and oxygen atoms in total. The van der Waals surface area contributed by atoms with E-state index in [4.69, 9.17) is 4.74 Å². The molecule has 1 aromatic heterocycles. The summed E-state index contributed by atoms with van der Waals surface area (Å²) >= 11 is 1.08. The van der Waals surface area contributed by atoms with E-state index in [9.17, 15) is 9.59 Å². The van der Waals surface area contributed by atoms with Crippen LogP contribution < -0.4 is 15.0 Å². The van der Waals surface area contributed by atoms with Crippen molar-refractivity contribution in [3.05, 3.63) is 71.2 Å². The number of nitrogens with one attached hydrogen (secondary N) is 1. The maximum absolute atomic E-state index is 13.6. The minimum absolute atomic E-state index is 0.162. The molecule has 0 aliphatic carbocycles. The molecule has 0 radical (unpaired) electrons. The van der Waals surface area contributed by atoms with Gasteiger partial charge in [-0.3, -0.25) is 14.5 Å². The van der Waals surface area contributed by atoms with E-state index in [1.165, 1.54) is 12.0 Å². The normalized spacial score (nSPS) is 12.1. The molecular weight excluding hydrogens is 400 g/mol. The van der Waals surface area contributed by atoms with Crippen LogP contribution in [0.4, 0.5) is 5.69 Å². The monoisotopic (exact) mass is 424 g/mol. The van der Waals surface area contributed by atoms with Gasteiger partial charge in [-0.05, 0) is 50.0 Å². The summed E-state index contributed by atoms with van der Waals surface area (Å²) in [5, 5.41) is 8.50. The molecule has 3 aromatic rings. The van der Waals surface area contributed by atoms with Crippen molar-refractivity contribution in [3.8, 4) is 5.75 Å². The number of rotatable bonds is 6. The molecule has 1 N–H and O–H groups in total. The van der Waals surface area contributed by atoms with Crippen molar-refractivity contribution in [1.82, 2.24) is 14.9 Å². The Morgan fingerprint density at radius 1 is 1.07 bits per heavy atom. The summed E-state index contributed by atoms with van der Waals surface area (Å²) in [5.41, 5.74) is 0.815. The maximum atomic E-state index is 13.6. The molecule has 3 rings (SSSR count). The highest BCUT2D eigenvalue weighted by Crippen LogP contribution is 2.36. The number of nitrogens with zero attached hydrogens (tertiary/aromatic N) is 3. The Bertz CT molecular complexity index is 1000. The molecule has 1 atom stereocenters. The van der Waals surface area contributed by atoms with Crippen molar-refractivity contribution >= 4 is 29.0 Å². The van der Waals surface area contributed by atoms with E-state index in [-0.39, 0.29) is 11.6 Å². The number of benzene rings is 2. The van der Waals surface area contributed by atoms with E-state index in [0.29, 0.717) is 17.0 Å². The summed E-state index contributed by atoms with van der Waals surface area (Å²) in [6.45, 7) is 5.69. The molecule has 1 heterocycles. The molecule has 0 saturated heterocycles. The van der Waals surface area contributed by atoms with Crippen molar-refractivity contribution < 1.29 is 14.3 Å². The largest absolute Gasteiger partial charge is 0.495 e. The number of amides is 2. The van der Waals surface area contributed by atoms with Crippen LogP contribution in [-0.2, 0) is 4.79 Å². The van der Waals surface area contributed by atoms with Gasteiger partial charge in [0.15, 0.2) is 5.69 Å². The van der Waals surface area contributed by atoms with E-state index < -0.39 is 17.5 Å². The molecular formula is C22H24N4O3S. The summed E-state index contributed by atoms with van der Waals surface area (Å²) in [4.78, 5) is 28.4. The molecule has 0 aliphatic heterocycles. The summed E-state index contributed by atoms with van der Waals surface area (Å²) in [5.74, 6) is -0.277. The first-order chi connectivity index (χ1) is 14.3. The van der Waals surface area contributed by atoms with Crippen LogP contribution in [0.2, 0.25) is 0 Å². The third-order valence-corrected chi connectivity index (χ3v) is 4.77. The van der Waals surface area contributed by atoms with Crippen molar-refractivity contribution in [2.24, 2.45) is 0 Å². The number of anilines is 1. The molecule has 0 spiro atoms. The van der Waals surface area contributed by atoms with Crippen LogP contribution in [0, 0.1) is 0 Å². The second-order valence-corrected chi connectivity index (χ2v) is 8.30. The minimum atomic E-state index is -0.934. The van der Waals surface area contributed by atoms with Gasteiger partial charge in [0.05, 0.1) is 12.8 Å². The van der Waals surface area contributed by atoms with Crippen LogP contribution in [0.1, 0.15) is 42.9 Å². The summed E-state index contributed by atoms with van der Waals surface area (Å²) in [6.07, 6.45) is 0. The van der Waals surface area contributed by atoms with Crippen LogP contribution in [0.3, 0.4) is 0 Å². The number of methoxy groups -OCH3 is 1. The van der Waals surface area contributed by atoms with Crippen molar-refractivity contribution in [2.45, 2.75) is 32.4 Å². The quantitative estimate of drug-likeness (QED) is 0.650. The maximum Gasteiger partial charge on any atom is 0.280 e. The summed E-state index contributed by atoms with van der Waals surface area (Å²) in [7, 11) is 1.53. The van der Waals surface area contributed by atoms with Crippen LogP contribution in [0.15, 0.2) is 60.0 Å². The predicted molar refractivity (Wildman–Crippen MR) is 117 cm³/mol. The number of para-hydroxylation sites is 2. The lowest BCUT2D eigenvalue weighted by atomic mass is 10.0. The molecule has 0 aliphatic rings. The second-order valence-electron chi connectivity index (χ2n) is 7.69. The van der Waals surface area contributed by atoms with Gasteiger partial charge >= 0.3 is 0 Å². The van der Waals surface area contributed by atoms with Crippen LogP contribution in [0.5, 0.6) is 5.75 Å². The SMILES string of the molecule is COc1ccccc1N(C(=O)c1csnn1)[C@H](C(=O)NC(C)(C)C)c1ccccc1. The van der Waals surface area contributed by atoms with Gasteiger partial charge in [0.2, 0.25) is 5.91 Å². The van der Waals surface area contributed by atoms with Crippen molar-refractivity contribution in [2.75, 3.05) is 12.0 Å². The smallest absolute Gasteiger partial charge is 0.280 e. The van der Waals surface area contributed by atoms with Gasteiger partial charge in [0.25, 0.3) is 5.91 Å². The average molecular weight is 425 g/mol. The highest BCUT2D eigenvalue weighted by atomic mass is 32.1. The van der Waals surface area contributed by atoms with E-state index >= 15 is 0 Å². The molecule has 8 heteroatoms. The number of aromatic nitrogens is 2. The Morgan fingerprint density at radius 2 is 1.73 bits per heavy atom. The third kappa shape index (κ3) is 4.83. The Morgan fingerprint density at radius 3 is 2.33 bits per heavy atom. The lowest BCUT2D eigenvalue weighted by Gasteiger charge is -2.34. The molecule has 0 fully saturated rings. The van der Waals surface area contributed by atoms with E-state index in [1.807, 2.05) is 57.2 Å². The Labute approximate surface area is 179 Å². The zero-order chi connectivity index (χ0) is 21.7. The lowest BCUT2D eigenvalue weighted by Crippen LogP contribution is -2.49. The van der Waals surface area contributed by atoms with Crippen LogP contribution in [-0.4, -0.2) is 34.1 Å².